The maximum Gasteiger partial charge on any atom is 0.155 e. The molecule has 184 valence electrons. The summed E-state index contributed by atoms with van der Waals surface area (Å²) in [6.45, 7) is 3.86. The zero-order chi connectivity index (χ0) is 25.9. The van der Waals surface area contributed by atoms with Gasteiger partial charge in [0.1, 0.15) is 0 Å². The Morgan fingerprint density at radius 1 is 0.667 bits per heavy atom. The van der Waals surface area contributed by atoms with Gasteiger partial charge in [0.25, 0.3) is 0 Å². The van der Waals surface area contributed by atoms with E-state index in [-0.39, 0.29) is 0 Å². The van der Waals surface area contributed by atoms with E-state index in [9.17, 15) is 0 Å². The zero-order valence-corrected chi connectivity index (χ0v) is 21.9. The molecule has 0 aliphatic carbocycles. The van der Waals surface area contributed by atoms with Crippen LogP contribution in [0.1, 0.15) is 5.69 Å². The van der Waals surface area contributed by atoms with Gasteiger partial charge in [0.15, 0.2) is 5.82 Å². The summed E-state index contributed by atoms with van der Waals surface area (Å²) in [5.74, 6) is 0.980. The molecule has 0 unspecified atom stereocenters. The molecule has 0 radical (unpaired) electrons. The topological polar surface area (TPSA) is 22.8 Å². The van der Waals surface area contributed by atoms with Crippen molar-refractivity contribution in [3.05, 3.63) is 134 Å². The number of aromatic nitrogens is 3. The number of hydrogen-bond acceptors (Lipinski definition) is 2. The second-order valence-electron chi connectivity index (χ2n) is 9.72. The largest absolute Gasteiger partial charge is 0.310 e. The van der Waals surface area contributed by atoms with E-state index < -0.39 is 0 Å². The molecule has 0 aliphatic heterocycles. The highest BCUT2D eigenvalue weighted by atomic mass is 32.1. The van der Waals surface area contributed by atoms with Crippen molar-refractivity contribution in [2.75, 3.05) is 0 Å². The Morgan fingerprint density at radius 2 is 1.38 bits per heavy atom. The summed E-state index contributed by atoms with van der Waals surface area (Å²) >= 11 is 1.81. The molecule has 0 N–H and O–H groups in total. The van der Waals surface area contributed by atoms with Gasteiger partial charge in [0, 0.05) is 49.2 Å². The maximum atomic E-state index is 4.96. The Labute approximate surface area is 229 Å². The van der Waals surface area contributed by atoms with Gasteiger partial charge >= 0.3 is 0 Å². The van der Waals surface area contributed by atoms with Crippen LogP contribution in [0.15, 0.2) is 128 Å². The summed E-state index contributed by atoms with van der Waals surface area (Å²) in [5, 5.41) is 6.18. The van der Waals surface area contributed by atoms with Crippen LogP contribution in [0.3, 0.4) is 0 Å². The smallest absolute Gasteiger partial charge is 0.155 e. The first kappa shape index (κ1) is 22.1. The average molecular weight is 518 g/mol. The molecule has 0 amide bonds. The molecule has 4 heterocycles. The van der Waals surface area contributed by atoms with Gasteiger partial charge in [-0.25, -0.2) is 4.98 Å². The molecule has 0 saturated carbocycles. The fourth-order valence-electron chi connectivity index (χ4n) is 5.88. The number of nitrogens with zero attached hydrogens (tertiary/aromatic N) is 3. The van der Waals surface area contributed by atoms with Crippen LogP contribution in [-0.2, 0) is 0 Å². The summed E-state index contributed by atoms with van der Waals surface area (Å²) < 4.78 is 7.09. The highest BCUT2D eigenvalue weighted by molar-refractivity contribution is 7.26. The number of fused-ring (bicyclic) bond motifs is 7. The summed E-state index contributed by atoms with van der Waals surface area (Å²) in [7, 11) is 0. The molecule has 0 fully saturated rings. The quantitative estimate of drug-likeness (QED) is 0.213. The molecular formula is C35H23N3S. The first-order valence-electron chi connectivity index (χ1n) is 13.0. The molecule has 4 aromatic carbocycles. The van der Waals surface area contributed by atoms with Crippen LogP contribution in [0.4, 0.5) is 0 Å². The molecule has 0 spiro atoms. The molecule has 4 aromatic heterocycles. The van der Waals surface area contributed by atoms with Crippen LogP contribution < -0.4 is 0 Å². The van der Waals surface area contributed by atoms with Crippen molar-refractivity contribution in [2.45, 2.75) is 0 Å². The van der Waals surface area contributed by atoms with E-state index in [1.165, 1.54) is 52.9 Å². The number of hydrogen-bond donors (Lipinski definition) is 0. The molecule has 39 heavy (non-hydrogen) atoms. The lowest BCUT2D eigenvalue weighted by molar-refractivity contribution is 1.10. The third kappa shape index (κ3) is 3.25. The average Bonchev–Trinajstić information content (AvgIpc) is 3.65. The van der Waals surface area contributed by atoms with Crippen LogP contribution in [0.2, 0.25) is 0 Å². The van der Waals surface area contributed by atoms with E-state index in [1.807, 2.05) is 29.7 Å². The Bertz CT molecular complexity index is 2200. The SMILES string of the molecule is C=C/C=C\c1cc2ccccc2n1-c1ccc2sc3c(-n4c5ccccc5c5ccccc54)nccc3c2c1. The van der Waals surface area contributed by atoms with E-state index in [2.05, 4.69) is 125 Å². The fraction of sp³-hybridized carbons (Fsp3) is 0. The minimum absolute atomic E-state index is 0.980. The van der Waals surface area contributed by atoms with Crippen LogP contribution in [0.25, 0.3) is 70.5 Å². The number of benzene rings is 4. The third-order valence-electron chi connectivity index (χ3n) is 7.54. The van der Waals surface area contributed by atoms with Gasteiger partial charge in [-0.2, -0.15) is 0 Å². The normalized spacial score (nSPS) is 12.1. The van der Waals surface area contributed by atoms with Gasteiger partial charge in [-0.3, -0.25) is 4.57 Å². The van der Waals surface area contributed by atoms with Gasteiger partial charge in [-0.1, -0.05) is 73.3 Å². The monoisotopic (exact) mass is 517 g/mol. The van der Waals surface area contributed by atoms with Crippen molar-refractivity contribution < 1.29 is 0 Å². The Hall–Kier alpha value is -4.93. The van der Waals surface area contributed by atoms with Gasteiger partial charge in [0.2, 0.25) is 0 Å². The molecule has 0 atom stereocenters. The van der Waals surface area contributed by atoms with Crippen LogP contribution in [-0.4, -0.2) is 14.1 Å². The number of rotatable bonds is 4. The van der Waals surface area contributed by atoms with Crippen molar-refractivity contribution in [1.82, 2.24) is 14.1 Å². The summed E-state index contributed by atoms with van der Waals surface area (Å²) in [6.07, 6.45) is 7.88. The van der Waals surface area contributed by atoms with Gasteiger partial charge in [0.05, 0.1) is 21.3 Å². The van der Waals surface area contributed by atoms with E-state index in [1.54, 1.807) is 0 Å². The lowest BCUT2D eigenvalue weighted by atomic mass is 10.1. The standard InChI is InChI=1S/C35H23N3S/c1-2-3-11-24-21-23-10-4-7-14-30(23)37(24)25-17-18-33-29(22-25)28-19-20-36-35(34(28)39-33)38-31-15-8-5-12-26(31)27-13-6-9-16-32(27)38/h2-22H,1H2/b11-3-. The number of pyridine rings is 1. The molecule has 0 aliphatic rings. The van der Waals surface area contributed by atoms with Gasteiger partial charge in [-0.05, 0) is 54.6 Å². The Morgan fingerprint density at radius 3 is 2.15 bits per heavy atom. The molecule has 0 saturated heterocycles. The lowest BCUT2D eigenvalue weighted by Crippen LogP contribution is -1.97. The molecule has 4 heteroatoms. The van der Waals surface area contributed by atoms with E-state index in [0.717, 1.165) is 17.2 Å². The van der Waals surface area contributed by atoms with E-state index in [0.29, 0.717) is 0 Å². The van der Waals surface area contributed by atoms with Crippen molar-refractivity contribution >= 4 is 70.3 Å². The molecular weight excluding hydrogens is 494 g/mol. The second-order valence-corrected chi connectivity index (χ2v) is 10.8. The van der Waals surface area contributed by atoms with E-state index in [4.69, 9.17) is 4.98 Å². The predicted octanol–water partition coefficient (Wildman–Crippen LogP) is 9.69. The Balaban J connectivity index is 1.40. The van der Waals surface area contributed by atoms with Crippen LogP contribution in [0, 0.1) is 0 Å². The highest BCUT2D eigenvalue weighted by Crippen LogP contribution is 2.41. The minimum Gasteiger partial charge on any atom is -0.310 e. The van der Waals surface area contributed by atoms with Crippen molar-refractivity contribution in [1.29, 1.82) is 0 Å². The number of allylic oxidation sites excluding steroid dienone is 2. The molecule has 8 rings (SSSR count). The minimum atomic E-state index is 0.980. The Kier molecular flexibility index (Phi) is 4.84. The van der Waals surface area contributed by atoms with Crippen LogP contribution >= 0.6 is 11.3 Å². The summed E-state index contributed by atoms with van der Waals surface area (Å²) in [5.41, 5.74) is 5.81. The predicted molar refractivity (Wildman–Crippen MR) is 168 cm³/mol. The van der Waals surface area contributed by atoms with Crippen molar-refractivity contribution in [2.24, 2.45) is 0 Å². The van der Waals surface area contributed by atoms with Crippen LogP contribution in [0.5, 0.6) is 0 Å². The molecule has 3 nitrogen and oxygen atoms in total. The summed E-state index contributed by atoms with van der Waals surface area (Å²) in [4.78, 5) is 4.96. The fourth-order valence-corrected chi connectivity index (χ4v) is 7.04. The van der Waals surface area contributed by atoms with E-state index >= 15 is 0 Å². The third-order valence-corrected chi connectivity index (χ3v) is 8.73. The number of thiophene rings is 1. The van der Waals surface area contributed by atoms with Crippen molar-refractivity contribution in [3.8, 4) is 11.5 Å². The molecule has 0 bridgehead atoms. The second kappa shape index (κ2) is 8.55. The maximum absolute atomic E-state index is 4.96. The summed E-state index contributed by atoms with van der Waals surface area (Å²) in [6, 6.07) is 36.9. The number of para-hydroxylation sites is 3. The van der Waals surface area contributed by atoms with Crippen molar-refractivity contribution in [3.63, 3.8) is 0 Å². The first-order chi connectivity index (χ1) is 19.3. The lowest BCUT2D eigenvalue weighted by Gasteiger charge is -2.09. The zero-order valence-electron chi connectivity index (χ0n) is 21.1. The molecule has 8 aromatic rings. The van der Waals surface area contributed by atoms with Gasteiger partial charge in [-0.15, -0.1) is 11.3 Å². The first-order valence-corrected chi connectivity index (χ1v) is 13.8. The highest BCUT2D eigenvalue weighted by Gasteiger charge is 2.18. The van der Waals surface area contributed by atoms with Gasteiger partial charge < -0.3 is 4.57 Å².